The molecule has 6 nitrogen and oxygen atoms in total. The minimum atomic E-state index is -1.18. The third-order valence-electron chi connectivity index (χ3n) is 2.51. The summed E-state index contributed by atoms with van der Waals surface area (Å²) in [6.45, 7) is 1.15. The number of benzene rings is 1. The number of halogens is 1. The van der Waals surface area contributed by atoms with Crippen LogP contribution in [0, 0.1) is 0 Å². The zero-order valence-corrected chi connectivity index (χ0v) is 11.5. The van der Waals surface area contributed by atoms with Crippen molar-refractivity contribution in [3.63, 3.8) is 0 Å². The zero-order chi connectivity index (χ0) is 14.4. The molecule has 1 aromatic carbocycles. The number of hydrogen-bond acceptors (Lipinski definition) is 3. The number of rotatable bonds is 5. The van der Waals surface area contributed by atoms with E-state index in [1.54, 1.807) is 20.2 Å². The van der Waals surface area contributed by atoms with Crippen LogP contribution in [0.4, 0.5) is 10.5 Å². The fourth-order valence-electron chi connectivity index (χ4n) is 1.44. The summed E-state index contributed by atoms with van der Waals surface area (Å²) in [5.41, 5.74) is 0.0702. The van der Waals surface area contributed by atoms with Crippen molar-refractivity contribution in [2.75, 3.05) is 32.5 Å². The number of anilines is 1. The van der Waals surface area contributed by atoms with Gasteiger partial charge in [-0.2, -0.15) is 0 Å². The number of carboxylic acid groups (broad SMARTS) is 1. The molecule has 104 valence electrons. The molecule has 1 rings (SSSR count). The van der Waals surface area contributed by atoms with E-state index in [-0.39, 0.29) is 22.3 Å². The molecule has 0 heterocycles. The Morgan fingerprint density at radius 2 is 2.11 bits per heavy atom. The summed E-state index contributed by atoms with van der Waals surface area (Å²) in [7, 11) is 3.41. The van der Waals surface area contributed by atoms with E-state index < -0.39 is 5.97 Å². The van der Waals surface area contributed by atoms with E-state index in [1.165, 1.54) is 17.0 Å². The van der Waals surface area contributed by atoms with Crippen LogP contribution >= 0.6 is 11.6 Å². The molecule has 0 saturated heterocycles. The molecule has 0 unspecified atom stereocenters. The molecule has 0 aliphatic heterocycles. The van der Waals surface area contributed by atoms with Gasteiger partial charge in [-0.25, -0.2) is 9.59 Å². The second-order valence-electron chi connectivity index (χ2n) is 3.92. The predicted molar refractivity (Wildman–Crippen MR) is 74.0 cm³/mol. The van der Waals surface area contributed by atoms with E-state index in [2.05, 4.69) is 10.6 Å². The summed E-state index contributed by atoms with van der Waals surface area (Å²) in [6, 6.07) is 4.16. The highest BCUT2D eigenvalue weighted by molar-refractivity contribution is 6.34. The van der Waals surface area contributed by atoms with Crippen molar-refractivity contribution in [1.29, 1.82) is 0 Å². The Bertz CT molecular complexity index is 479. The van der Waals surface area contributed by atoms with Crippen LogP contribution in [0.25, 0.3) is 0 Å². The largest absolute Gasteiger partial charge is 0.478 e. The van der Waals surface area contributed by atoms with Crippen molar-refractivity contribution in [1.82, 2.24) is 10.2 Å². The van der Waals surface area contributed by atoms with Crippen LogP contribution in [0.5, 0.6) is 0 Å². The molecule has 1 aromatic rings. The fraction of sp³-hybridized carbons (Fsp3) is 0.333. The van der Waals surface area contributed by atoms with Gasteiger partial charge in [0.15, 0.2) is 0 Å². The van der Waals surface area contributed by atoms with E-state index >= 15 is 0 Å². The maximum Gasteiger partial charge on any atom is 0.339 e. The van der Waals surface area contributed by atoms with Crippen molar-refractivity contribution >= 4 is 29.3 Å². The quantitative estimate of drug-likeness (QED) is 0.769. The Kier molecular flexibility index (Phi) is 5.59. The SMILES string of the molecule is CNCCN(C)C(=O)Nc1cccc(Cl)c1C(=O)O. The van der Waals surface area contributed by atoms with Gasteiger partial charge in [0, 0.05) is 20.1 Å². The molecule has 3 N–H and O–H groups in total. The van der Waals surface area contributed by atoms with E-state index in [9.17, 15) is 9.59 Å². The van der Waals surface area contributed by atoms with Crippen molar-refractivity contribution in [3.05, 3.63) is 28.8 Å². The van der Waals surface area contributed by atoms with E-state index in [0.717, 1.165) is 0 Å². The second kappa shape index (κ2) is 6.96. The van der Waals surface area contributed by atoms with Crippen molar-refractivity contribution in [2.24, 2.45) is 0 Å². The summed E-state index contributed by atoms with van der Waals surface area (Å²) in [5, 5.41) is 14.6. The zero-order valence-electron chi connectivity index (χ0n) is 10.7. The molecule has 0 saturated carbocycles. The number of nitrogens with one attached hydrogen (secondary N) is 2. The minimum absolute atomic E-state index is 0.0863. The number of carbonyl (C=O) groups excluding carboxylic acids is 1. The van der Waals surface area contributed by atoms with Crippen LogP contribution in [0.2, 0.25) is 5.02 Å². The molecule has 0 atom stereocenters. The monoisotopic (exact) mass is 285 g/mol. The standard InChI is InChI=1S/C12H16ClN3O3/c1-14-6-7-16(2)12(19)15-9-5-3-4-8(13)10(9)11(17)18/h3-5,14H,6-7H2,1-2H3,(H,15,19)(H,17,18). The number of likely N-dealkylation sites (N-methyl/N-ethyl adjacent to an activating group) is 2. The molecule has 0 fully saturated rings. The predicted octanol–water partition coefficient (Wildman–Crippen LogP) is 1.72. The molecule has 0 aliphatic carbocycles. The maximum atomic E-state index is 11.9. The van der Waals surface area contributed by atoms with Gasteiger partial charge in [-0.3, -0.25) is 0 Å². The summed E-state index contributed by atoms with van der Waals surface area (Å²) >= 11 is 5.82. The molecular weight excluding hydrogens is 270 g/mol. The minimum Gasteiger partial charge on any atom is -0.478 e. The van der Waals surface area contributed by atoms with Crippen LogP contribution in [0.1, 0.15) is 10.4 Å². The van der Waals surface area contributed by atoms with E-state index in [4.69, 9.17) is 16.7 Å². The van der Waals surface area contributed by atoms with Crippen molar-refractivity contribution in [3.8, 4) is 0 Å². The van der Waals surface area contributed by atoms with Gasteiger partial charge < -0.3 is 20.6 Å². The topological polar surface area (TPSA) is 81.7 Å². The van der Waals surface area contributed by atoms with Crippen LogP contribution in [-0.4, -0.2) is 49.2 Å². The van der Waals surface area contributed by atoms with E-state index in [1.807, 2.05) is 0 Å². The average molecular weight is 286 g/mol. The van der Waals surface area contributed by atoms with Gasteiger partial charge in [-0.15, -0.1) is 0 Å². The number of aromatic carboxylic acids is 1. The summed E-state index contributed by atoms with van der Waals surface area (Å²) in [4.78, 5) is 24.4. The first-order chi connectivity index (χ1) is 8.97. The third kappa shape index (κ3) is 4.11. The lowest BCUT2D eigenvalue weighted by Crippen LogP contribution is -2.36. The van der Waals surface area contributed by atoms with Gasteiger partial charge in [0.25, 0.3) is 0 Å². The molecule has 0 aliphatic rings. The third-order valence-corrected chi connectivity index (χ3v) is 2.83. The molecule has 7 heteroatoms. The number of carboxylic acids is 1. The van der Waals surface area contributed by atoms with E-state index in [0.29, 0.717) is 13.1 Å². The van der Waals surface area contributed by atoms with Gasteiger partial charge in [0.05, 0.1) is 10.7 Å². The molecule has 0 radical (unpaired) electrons. The van der Waals surface area contributed by atoms with Gasteiger partial charge in [0.2, 0.25) is 0 Å². The molecular formula is C12H16ClN3O3. The first-order valence-electron chi connectivity index (χ1n) is 5.66. The van der Waals surface area contributed by atoms with Crippen LogP contribution in [-0.2, 0) is 0 Å². The Morgan fingerprint density at radius 3 is 2.68 bits per heavy atom. The normalized spacial score (nSPS) is 10.1. The molecule has 0 spiro atoms. The summed E-state index contributed by atoms with van der Waals surface area (Å²) < 4.78 is 0. The first-order valence-corrected chi connectivity index (χ1v) is 6.03. The highest BCUT2D eigenvalue weighted by Crippen LogP contribution is 2.24. The fourth-order valence-corrected chi connectivity index (χ4v) is 1.69. The average Bonchev–Trinajstić information content (AvgIpc) is 2.35. The highest BCUT2D eigenvalue weighted by atomic mass is 35.5. The lowest BCUT2D eigenvalue weighted by molar-refractivity contribution is 0.0698. The number of nitrogens with zero attached hydrogens (tertiary/aromatic N) is 1. The molecule has 0 aromatic heterocycles. The second-order valence-corrected chi connectivity index (χ2v) is 4.33. The lowest BCUT2D eigenvalue weighted by atomic mass is 10.2. The molecule has 0 bridgehead atoms. The number of hydrogen-bond donors (Lipinski definition) is 3. The van der Waals surface area contributed by atoms with Gasteiger partial charge in [-0.1, -0.05) is 17.7 Å². The highest BCUT2D eigenvalue weighted by Gasteiger charge is 2.17. The summed E-state index contributed by atoms with van der Waals surface area (Å²) in [5.74, 6) is -1.18. The lowest BCUT2D eigenvalue weighted by Gasteiger charge is -2.18. The maximum absolute atomic E-state index is 11.9. The Morgan fingerprint density at radius 1 is 1.42 bits per heavy atom. The number of urea groups is 1. The van der Waals surface area contributed by atoms with Crippen LogP contribution in [0.3, 0.4) is 0 Å². The number of carbonyl (C=O) groups is 2. The van der Waals surface area contributed by atoms with Crippen molar-refractivity contribution < 1.29 is 14.7 Å². The van der Waals surface area contributed by atoms with Gasteiger partial charge in [0.1, 0.15) is 5.56 Å². The molecule has 19 heavy (non-hydrogen) atoms. The summed E-state index contributed by atoms with van der Waals surface area (Å²) in [6.07, 6.45) is 0. The Balaban J connectivity index is 2.85. The van der Waals surface area contributed by atoms with Gasteiger partial charge in [-0.05, 0) is 19.2 Å². The number of amides is 2. The smallest absolute Gasteiger partial charge is 0.339 e. The van der Waals surface area contributed by atoms with Crippen LogP contribution in [0.15, 0.2) is 18.2 Å². The first kappa shape index (κ1) is 15.3. The van der Waals surface area contributed by atoms with Gasteiger partial charge >= 0.3 is 12.0 Å². The van der Waals surface area contributed by atoms with Crippen molar-refractivity contribution in [2.45, 2.75) is 0 Å². The molecule has 2 amide bonds. The van der Waals surface area contributed by atoms with Crippen LogP contribution < -0.4 is 10.6 Å². The Hall–Kier alpha value is -1.79. The Labute approximate surface area is 116 Å².